The van der Waals surface area contributed by atoms with Gasteiger partial charge in [-0.25, -0.2) is 0 Å². The summed E-state index contributed by atoms with van der Waals surface area (Å²) in [5, 5.41) is 1.09. The first kappa shape index (κ1) is 13.4. The molecular weight excluding hydrogens is 264 g/mol. The third-order valence-electron chi connectivity index (χ3n) is 3.65. The summed E-state index contributed by atoms with van der Waals surface area (Å²) in [5.41, 5.74) is 2.09. The molecule has 1 aromatic heterocycles. The van der Waals surface area contributed by atoms with Crippen LogP contribution >= 0.6 is 0 Å². The molecule has 3 rings (SSSR count). The molecule has 0 N–H and O–H groups in total. The molecule has 0 atom stereocenters. The number of fused-ring (bicyclic) bond motifs is 1. The van der Waals surface area contributed by atoms with Crippen LogP contribution in [-0.2, 0) is 16.6 Å². The van der Waals surface area contributed by atoms with Crippen molar-refractivity contribution in [2.45, 2.75) is 6.42 Å². The number of aromatic nitrogens is 1. The largest absolute Gasteiger partial charge is 0.350 e. The molecule has 1 aliphatic rings. The average Bonchev–Trinajstić information content (AvgIpc) is 2.82. The first-order valence-electron chi connectivity index (χ1n) is 6.91. The molecule has 2 heterocycles. The molecule has 4 heteroatoms. The molecule has 0 saturated carbocycles. The lowest BCUT2D eigenvalue weighted by Gasteiger charge is -2.19. The Hall–Kier alpha value is -2.62. The monoisotopic (exact) mass is 280 g/mol. The van der Waals surface area contributed by atoms with E-state index in [0.717, 1.165) is 22.9 Å². The van der Waals surface area contributed by atoms with Gasteiger partial charge in [-0.2, -0.15) is 0 Å². The van der Waals surface area contributed by atoms with Crippen LogP contribution in [0.25, 0.3) is 17.0 Å². The van der Waals surface area contributed by atoms with Crippen molar-refractivity contribution in [2.24, 2.45) is 7.05 Å². The number of imide groups is 1. The van der Waals surface area contributed by atoms with Gasteiger partial charge in [0.05, 0.1) is 0 Å². The molecule has 2 aromatic rings. The van der Waals surface area contributed by atoms with E-state index in [2.05, 4.69) is 0 Å². The van der Waals surface area contributed by atoms with Crippen molar-refractivity contribution >= 4 is 28.8 Å². The molecule has 0 fully saturated rings. The summed E-state index contributed by atoms with van der Waals surface area (Å²) in [4.78, 5) is 25.0. The molecule has 0 unspecified atom stereocenters. The highest BCUT2D eigenvalue weighted by atomic mass is 16.2. The van der Waals surface area contributed by atoms with E-state index in [9.17, 15) is 9.59 Å². The summed E-state index contributed by atoms with van der Waals surface area (Å²) in [7, 11) is 1.97. The van der Waals surface area contributed by atoms with Crippen molar-refractivity contribution in [3.63, 3.8) is 0 Å². The van der Waals surface area contributed by atoms with Gasteiger partial charge in [-0.1, -0.05) is 24.3 Å². The highest BCUT2D eigenvalue weighted by molar-refractivity contribution is 6.07. The molecule has 0 spiro atoms. The lowest BCUT2D eigenvalue weighted by molar-refractivity contribution is -0.139. The van der Waals surface area contributed by atoms with Crippen LogP contribution < -0.4 is 0 Å². The zero-order chi connectivity index (χ0) is 14.8. The van der Waals surface area contributed by atoms with E-state index in [0.29, 0.717) is 6.54 Å². The number of amides is 2. The second kappa shape index (κ2) is 5.40. The number of rotatable bonds is 2. The lowest BCUT2D eigenvalue weighted by Crippen LogP contribution is -2.37. The fraction of sp³-hybridized carbons (Fsp3) is 0.176. The van der Waals surface area contributed by atoms with E-state index in [1.807, 2.05) is 42.1 Å². The van der Waals surface area contributed by atoms with Crippen LogP contribution in [0.4, 0.5) is 0 Å². The van der Waals surface area contributed by atoms with E-state index in [-0.39, 0.29) is 11.8 Å². The summed E-state index contributed by atoms with van der Waals surface area (Å²) >= 11 is 0. The lowest BCUT2D eigenvalue weighted by atomic mass is 10.1. The topological polar surface area (TPSA) is 42.3 Å². The minimum Gasteiger partial charge on any atom is -0.350 e. The number of carbonyl (C=O) groups is 2. The Bertz CT molecular complexity index is 768. The summed E-state index contributed by atoms with van der Waals surface area (Å²) in [6, 6.07) is 8.02. The number of hydrogen-bond acceptors (Lipinski definition) is 2. The van der Waals surface area contributed by atoms with Gasteiger partial charge in [0.2, 0.25) is 0 Å². The van der Waals surface area contributed by atoms with Crippen molar-refractivity contribution < 1.29 is 9.59 Å². The molecule has 0 saturated heterocycles. The Kier molecular flexibility index (Phi) is 3.44. The Morgan fingerprint density at radius 1 is 1.29 bits per heavy atom. The van der Waals surface area contributed by atoms with Crippen LogP contribution in [0, 0.1) is 0 Å². The van der Waals surface area contributed by atoms with Gasteiger partial charge in [0.15, 0.2) is 0 Å². The molecule has 0 bridgehead atoms. The molecule has 2 amide bonds. The maximum absolute atomic E-state index is 12.1. The van der Waals surface area contributed by atoms with E-state index in [4.69, 9.17) is 0 Å². The summed E-state index contributed by atoms with van der Waals surface area (Å²) < 4.78 is 2.02. The molecule has 0 radical (unpaired) electrons. The fourth-order valence-electron chi connectivity index (χ4n) is 2.56. The van der Waals surface area contributed by atoms with Crippen LogP contribution in [-0.4, -0.2) is 27.8 Å². The number of benzene rings is 1. The van der Waals surface area contributed by atoms with Crippen molar-refractivity contribution in [3.05, 3.63) is 54.3 Å². The zero-order valence-corrected chi connectivity index (χ0v) is 11.8. The molecular formula is C17H16N2O2. The van der Waals surface area contributed by atoms with Crippen LogP contribution in [0.1, 0.15) is 12.0 Å². The van der Waals surface area contributed by atoms with Crippen LogP contribution in [0.2, 0.25) is 0 Å². The molecule has 1 aliphatic heterocycles. The minimum absolute atomic E-state index is 0.242. The Labute approximate surface area is 123 Å². The smallest absolute Gasteiger partial charge is 0.253 e. The molecule has 1 aromatic carbocycles. The van der Waals surface area contributed by atoms with E-state index < -0.39 is 0 Å². The maximum atomic E-state index is 12.1. The van der Waals surface area contributed by atoms with Gasteiger partial charge in [-0.15, -0.1) is 0 Å². The molecule has 0 aliphatic carbocycles. The predicted molar refractivity (Wildman–Crippen MR) is 82.4 cm³/mol. The van der Waals surface area contributed by atoms with Gasteiger partial charge in [-0.3, -0.25) is 14.5 Å². The van der Waals surface area contributed by atoms with Gasteiger partial charge in [0, 0.05) is 42.3 Å². The number of hydrogen-bond donors (Lipinski definition) is 0. The number of carbonyl (C=O) groups excluding carboxylic acids is 2. The third kappa shape index (κ3) is 2.52. The summed E-state index contributed by atoms with van der Waals surface area (Å²) in [6.45, 7) is 0.452. The Balaban J connectivity index is 1.86. The highest BCUT2D eigenvalue weighted by Gasteiger charge is 2.18. The fourth-order valence-corrected chi connectivity index (χ4v) is 2.56. The minimum atomic E-state index is -0.266. The van der Waals surface area contributed by atoms with Gasteiger partial charge in [0.25, 0.3) is 11.8 Å². The van der Waals surface area contributed by atoms with E-state index in [1.54, 1.807) is 12.2 Å². The highest BCUT2D eigenvalue weighted by Crippen LogP contribution is 2.21. The van der Waals surface area contributed by atoms with Crippen LogP contribution in [0.15, 0.2) is 48.7 Å². The second-order valence-corrected chi connectivity index (χ2v) is 5.06. The predicted octanol–water partition coefficient (Wildman–Crippen LogP) is 2.51. The second-order valence-electron chi connectivity index (χ2n) is 5.06. The first-order chi connectivity index (χ1) is 10.2. The van der Waals surface area contributed by atoms with Crippen molar-refractivity contribution in [1.82, 2.24) is 9.47 Å². The Morgan fingerprint density at radius 2 is 2.10 bits per heavy atom. The van der Waals surface area contributed by atoms with Crippen molar-refractivity contribution in [2.75, 3.05) is 6.54 Å². The Morgan fingerprint density at radius 3 is 2.90 bits per heavy atom. The third-order valence-corrected chi connectivity index (χ3v) is 3.65. The van der Waals surface area contributed by atoms with Crippen molar-refractivity contribution in [3.8, 4) is 0 Å². The summed E-state index contributed by atoms with van der Waals surface area (Å²) in [5.74, 6) is -0.508. The molecule has 21 heavy (non-hydrogen) atoms. The SMILES string of the molecule is Cn1cc(/C=C/C(=O)N2CCC=CC2=O)c2ccccc21. The van der Waals surface area contributed by atoms with Gasteiger partial charge in [0.1, 0.15) is 0 Å². The average molecular weight is 280 g/mol. The van der Waals surface area contributed by atoms with Gasteiger partial charge in [-0.05, 0) is 24.6 Å². The standard InChI is InChI=1S/C17H16N2O2/c1-18-12-13(14-6-2-3-7-15(14)18)9-10-17(21)19-11-5-4-8-16(19)20/h2-4,6-10,12H,5,11H2,1H3/b10-9+. The maximum Gasteiger partial charge on any atom is 0.253 e. The first-order valence-corrected chi connectivity index (χ1v) is 6.91. The van der Waals surface area contributed by atoms with Crippen LogP contribution in [0.3, 0.4) is 0 Å². The van der Waals surface area contributed by atoms with E-state index in [1.165, 1.54) is 17.1 Å². The number of aryl methyl sites for hydroxylation is 1. The zero-order valence-electron chi connectivity index (χ0n) is 11.8. The quantitative estimate of drug-likeness (QED) is 0.793. The number of para-hydroxylation sites is 1. The normalized spacial score (nSPS) is 15.3. The van der Waals surface area contributed by atoms with Crippen LogP contribution in [0.5, 0.6) is 0 Å². The molecule has 106 valence electrons. The van der Waals surface area contributed by atoms with Gasteiger partial charge >= 0.3 is 0 Å². The van der Waals surface area contributed by atoms with Crippen molar-refractivity contribution in [1.29, 1.82) is 0 Å². The summed E-state index contributed by atoms with van der Waals surface area (Å²) in [6.07, 6.45) is 9.19. The van der Waals surface area contributed by atoms with Gasteiger partial charge < -0.3 is 4.57 Å². The van der Waals surface area contributed by atoms with E-state index >= 15 is 0 Å². The number of nitrogens with zero attached hydrogens (tertiary/aromatic N) is 2. The molecule has 4 nitrogen and oxygen atoms in total.